The molecule has 28 heavy (non-hydrogen) atoms. The molecule has 144 valence electrons. The van der Waals surface area contributed by atoms with Crippen LogP contribution in [0.2, 0.25) is 0 Å². The van der Waals surface area contributed by atoms with Gasteiger partial charge in [0.25, 0.3) is 5.91 Å². The Kier molecular flexibility index (Phi) is 5.21. The van der Waals surface area contributed by atoms with Crippen molar-refractivity contribution < 1.29 is 9.53 Å². The summed E-state index contributed by atoms with van der Waals surface area (Å²) in [4.78, 5) is 24.8. The predicted molar refractivity (Wildman–Crippen MR) is 111 cm³/mol. The Morgan fingerprint density at radius 1 is 1.07 bits per heavy atom. The van der Waals surface area contributed by atoms with Gasteiger partial charge in [-0.15, -0.1) is 0 Å². The van der Waals surface area contributed by atoms with E-state index in [9.17, 15) is 4.79 Å². The van der Waals surface area contributed by atoms with Gasteiger partial charge in [-0.2, -0.15) is 0 Å². The zero-order valence-corrected chi connectivity index (χ0v) is 16.2. The van der Waals surface area contributed by atoms with Gasteiger partial charge >= 0.3 is 0 Å². The largest absolute Gasteiger partial charge is 0.378 e. The zero-order valence-electron chi connectivity index (χ0n) is 16.2. The van der Waals surface area contributed by atoms with E-state index in [4.69, 9.17) is 9.72 Å². The van der Waals surface area contributed by atoms with Crippen molar-refractivity contribution in [2.45, 2.75) is 20.3 Å². The van der Waals surface area contributed by atoms with Gasteiger partial charge in [-0.05, 0) is 36.6 Å². The smallest absolute Gasteiger partial charge is 0.278 e. The fraction of sp³-hybridized carbons (Fsp3) is 0.318. The second-order valence-corrected chi connectivity index (χ2v) is 6.90. The topological polar surface area (TPSA) is 67.4 Å². The molecule has 3 aromatic rings. The van der Waals surface area contributed by atoms with Crippen molar-refractivity contribution in [3.8, 4) is 0 Å². The van der Waals surface area contributed by atoms with Crippen LogP contribution in [0.15, 0.2) is 42.5 Å². The number of ether oxygens (including phenoxy) is 1. The number of nitrogens with zero attached hydrogens (tertiary/aromatic N) is 3. The minimum Gasteiger partial charge on any atom is -0.378 e. The summed E-state index contributed by atoms with van der Waals surface area (Å²) in [5.74, 6) is 0.384. The number of aromatic nitrogens is 2. The SMILES string of the molecule is CCc1cccc(C)c1NC(=O)c1nc2ccccc2nc1N1CCOCC1. The quantitative estimate of drug-likeness (QED) is 0.754. The van der Waals surface area contributed by atoms with Crippen molar-refractivity contribution in [1.82, 2.24) is 9.97 Å². The van der Waals surface area contributed by atoms with E-state index < -0.39 is 0 Å². The molecule has 1 aromatic heterocycles. The third-order valence-corrected chi connectivity index (χ3v) is 5.06. The van der Waals surface area contributed by atoms with Crippen LogP contribution in [0.5, 0.6) is 0 Å². The van der Waals surface area contributed by atoms with Gasteiger partial charge in [0.1, 0.15) is 0 Å². The Balaban J connectivity index is 1.77. The molecule has 4 rings (SSSR count). The summed E-state index contributed by atoms with van der Waals surface area (Å²) in [6.07, 6.45) is 0.844. The van der Waals surface area contributed by atoms with Crippen molar-refractivity contribution in [3.63, 3.8) is 0 Å². The summed E-state index contributed by atoms with van der Waals surface area (Å²) >= 11 is 0. The molecule has 0 spiro atoms. The maximum atomic E-state index is 13.3. The molecule has 0 radical (unpaired) electrons. The molecule has 0 unspecified atom stereocenters. The molecule has 6 heteroatoms. The lowest BCUT2D eigenvalue weighted by atomic mass is 10.1. The van der Waals surface area contributed by atoms with E-state index >= 15 is 0 Å². The summed E-state index contributed by atoms with van der Waals surface area (Å²) in [7, 11) is 0. The normalized spacial score (nSPS) is 14.3. The molecular formula is C22H24N4O2. The lowest BCUT2D eigenvalue weighted by Gasteiger charge is -2.29. The van der Waals surface area contributed by atoms with E-state index in [-0.39, 0.29) is 5.91 Å². The van der Waals surface area contributed by atoms with Crippen molar-refractivity contribution in [1.29, 1.82) is 0 Å². The van der Waals surface area contributed by atoms with E-state index in [0.29, 0.717) is 43.3 Å². The number of amides is 1. The number of carbonyl (C=O) groups excluding carboxylic acids is 1. The number of hydrogen-bond donors (Lipinski definition) is 1. The highest BCUT2D eigenvalue weighted by atomic mass is 16.5. The molecular weight excluding hydrogens is 352 g/mol. The molecule has 2 aromatic carbocycles. The fourth-order valence-electron chi connectivity index (χ4n) is 3.51. The number of morpholine rings is 1. The van der Waals surface area contributed by atoms with Crippen LogP contribution in [0.3, 0.4) is 0 Å². The second kappa shape index (κ2) is 7.94. The number of nitrogens with one attached hydrogen (secondary N) is 1. The highest BCUT2D eigenvalue weighted by molar-refractivity contribution is 6.08. The molecule has 0 saturated carbocycles. The number of anilines is 2. The third-order valence-electron chi connectivity index (χ3n) is 5.06. The molecule has 0 aliphatic carbocycles. The first-order valence-corrected chi connectivity index (χ1v) is 9.66. The number of aryl methyl sites for hydroxylation is 2. The van der Waals surface area contributed by atoms with Crippen LogP contribution >= 0.6 is 0 Å². The summed E-state index contributed by atoms with van der Waals surface area (Å²) < 4.78 is 5.46. The fourth-order valence-corrected chi connectivity index (χ4v) is 3.51. The van der Waals surface area contributed by atoms with Crippen LogP contribution in [-0.4, -0.2) is 42.2 Å². The van der Waals surface area contributed by atoms with Crippen molar-refractivity contribution in [3.05, 3.63) is 59.3 Å². The van der Waals surface area contributed by atoms with Gasteiger partial charge in [0.15, 0.2) is 11.5 Å². The number of rotatable bonds is 4. The number of benzene rings is 2. The van der Waals surface area contributed by atoms with Crippen molar-refractivity contribution in [2.75, 3.05) is 36.5 Å². The van der Waals surface area contributed by atoms with E-state index in [1.54, 1.807) is 0 Å². The average Bonchev–Trinajstić information content (AvgIpc) is 2.74. The first-order valence-electron chi connectivity index (χ1n) is 9.66. The van der Waals surface area contributed by atoms with Crippen LogP contribution in [0.25, 0.3) is 11.0 Å². The number of fused-ring (bicyclic) bond motifs is 1. The summed E-state index contributed by atoms with van der Waals surface area (Å²) in [6, 6.07) is 13.7. The van der Waals surface area contributed by atoms with Crippen molar-refractivity contribution >= 4 is 28.4 Å². The molecule has 1 fully saturated rings. The van der Waals surface area contributed by atoms with Gasteiger partial charge < -0.3 is 15.0 Å². The van der Waals surface area contributed by atoms with Crippen LogP contribution < -0.4 is 10.2 Å². The first kappa shape index (κ1) is 18.4. The summed E-state index contributed by atoms with van der Waals surface area (Å²) in [5.41, 5.74) is 4.85. The molecule has 0 atom stereocenters. The minimum atomic E-state index is -0.233. The van der Waals surface area contributed by atoms with Crippen LogP contribution in [0.1, 0.15) is 28.5 Å². The Morgan fingerprint density at radius 2 is 1.79 bits per heavy atom. The molecule has 1 aliphatic heterocycles. The Labute approximate surface area is 164 Å². The molecule has 1 saturated heterocycles. The highest BCUT2D eigenvalue weighted by Crippen LogP contribution is 2.25. The van der Waals surface area contributed by atoms with E-state index in [2.05, 4.69) is 22.1 Å². The van der Waals surface area contributed by atoms with Gasteiger partial charge in [-0.3, -0.25) is 4.79 Å². The number of hydrogen-bond acceptors (Lipinski definition) is 5. The minimum absolute atomic E-state index is 0.233. The predicted octanol–water partition coefficient (Wildman–Crippen LogP) is 3.59. The average molecular weight is 376 g/mol. The van der Waals surface area contributed by atoms with Gasteiger partial charge in [0.05, 0.1) is 24.2 Å². The lowest BCUT2D eigenvalue weighted by molar-refractivity contribution is 0.101. The van der Waals surface area contributed by atoms with Crippen LogP contribution in [0, 0.1) is 6.92 Å². The van der Waals surface area contributed by atoms with E-state index in [0.717, 1.165) is 28.8 Å². The molecule has 1 amide bonds. The Morgan fingerprint density at radius 3 is 2.50 bits per heavy atom. The van der Waals surface area contributed by atoms with Crippen molar-refractivity contribution in [2.24, 2.45) is 0 Å². The molecule has 1 aliphatic rings. The maximum absolute atomic E-state index is 13.3. The standard InChI is InChI=1S/C22H24N4O2/c1-3-16-8-6-7-15(2)19(16)25-22(27)20-21(26-11-13-28-14-12-26)24-18-10-5-4-9-17(18)23-20/h4-10H,3,11-14H2,1-2H3,(H,25,27). The van der Waals surface area contributed by atoms with Gasteiger partial charge in [-0.25, -0.2) is 9.97 Å². The van der Waals surface area contributed by atoms with E-state index in [1.807, 2.05) is 49.4 Å². The molecule has 2 heterocycles. The van der Waals surface area contributed by atoms with E-state index in [1.165, 1.54) is 0 Å². The van der Waals surface area contributed by atoms with Gasteiger partial charge in [-0.1, -0.05) is 37.3 Å². The highest BCUT2D eigenvalue weighted by Gasteiger charge is 2.23. The summed E-state index contributed by atoms with van der Waals surface area (Å²) in [5, 5.41) is 3.09. The molecule has 6 nitrogen and oxygen atoms in total. The third kappa shape index (κ3) is 3.55. The van der Waals surface area contributed by atoms with Crippen LogP contribution in [-0.2, 0) is 11.2 Å². The number of carbonyl (C=O) groups is 1. The lowest BCUT2D eigenvalue weighted by Crippen LogP contribution is -2.38. The summed E-state index contributed by atoms with van der Waals surface area (Å²) in [6.45, 7) is 6.71. The van der Waals surface area contributed by atoms with Gasteiger partial charge in [0, 0.05) is 18.8 Å². The molecule has 0 bridgehead atoms. The zero-order chi connectivity index (χ0) is 19.5. The second-order valence-electron chi connectivity index (χ2n) is 6.90. The Hall–Kier alpha value is -2.99. The Bertz CT molecular complexity index is 1010. The first-order chi connectivity index (χ1) is 13.7. The van der Waals surface area contributed by atoms with Crippen LogP contribution in [0.4, 0.5) is 11.5 Å². The molecule has 1 N–H and O–H groups in total. The maximum Gasteiger partial charge on any atom is 0.278 e. The monoisotopic (exact) mass is 376 g/mol. The van der Waals surface area contributed by atoms with Gasteiger partial charge in [0.2, 0.25) is 0 Å². The number of para-hydroxylation sites is 3.